The Labute approximate surface area is 141 Å². The van der Waals surface area contributed by atoms with Crippen LogP contribution in [0.5, 0.6) is 0 Å². The first kappa shape index (κ1) is 17.1. The van der Waals surface area contributed by atoms with Gasteiger partial charge in [-0.1, -0.05) is 23.8 Å². The first-order valence-corrected chi connectivity index (χ1v) is 7.40. The fraction of sp³-hybridized carbons (Fsp3) is 0.235. The zero-order chi connectivity index (χ0) is 18.2. The van der Waals surface area contributed by atoms with Gasteiger partial charge in [0.2, 0.25) is 0 Å². The molecule has 0 unspecified atom stereocenters. The Morgan fingerprint density at radius 3 is 2.64 bits per heavy atom. The zero-order valence-corrected chi connectivity index (χ0v) is 13.2. The molecular weight excluding hydrogens is 335 g/mol. The van der Waals surface area contributed by atoms with Gasteiger partial charge in [-0.25, -0.2) is 0 Å². The van der Waals surface area contributed by atoms with Gasteiger partial charge in [-0.3, -0.25) is 9.78 Å². The second-order valence-corrected chi connectivity index (χ2v) is 5.77. The molecule has 1 aromatic heterocycles. The summed E-state index contributed by atoms with van der Waals surface area (Å²) < 4.78 is 40.5. The van der Waals surface area contributed by atoms with Gasteiger partial charge in [0.25, 0.3) is 11.6 Å². The Morgan fingerprint density at radius 1 is 1.28 bits per heavy atom. The number of amides is 1. The largest absolute Gasteiger partial charge is 0.438 e. The molecule has 1 aromatic carbocycles. The van der Waals surface area contributed by atoms with Crippen molar-refractivity contribution in [1.82, 2.24) is 9.99 Å². The van der Waals surface area contributed by atoms with Gasteiger partial charge in [0.05, 0.1) is 12.1 Å². The van der Waals surface area contributed by atoms with Crippen LogP contribution < -0.4 is 0 Å². The molecule has 2 heterocycles. The number of carbonyl (C=O) groups is 1. The molecule has 0 radical (unpaired) electrons. The number of benzene rings is 1. The molecule has 25 heavy (non-hydrogen) atoms. The van der Waals surface area contributed by atoms with Crippen LogP contribution in [-0.2, 0) is 0 Å². The fourth-order valence-electron chi connectivity index (χ4n) is 2.57. The number of nitrogens with zero attached hydrogens (tertiary/aromatic N) is 3. The van der Waals surface area contributed by atoms with Gasteiger partial charge in [-0.05, 0) is 25.1 Å². The van der Waals surface area contributed by atoms with Gasteiger partial charge in [0, 0.05) is 23.5 Å². The number of hydrogen-bond acceptors (Lipinski definition) is 4. The number of rotatable bonds is 2. The molecule has 1 N–H and O–H groups in total. The summed E-state index contributed by atoms with van der Waals surface area (Å²) in [5.74, 6) is -1.03. The van der Waals surface area contributed by atoms with E-state index in [0.717, 1.165) is 0 Å². The normalized spacial score (nSPS) is 20.5. The molecule has 0 aliphatic carbocycles. The fourth-order valence-corrected chi connectivity index (χ4v) is 2.57. The molecular formula is C17H14F3N3O2. The van der Waals surface area contributed by atoms with Crippen LogP contribution in [-0.4, -0.2) is 38.6 Å². The Hall–Kier alpha value is -2.74. The quantitative estimate of drug-likeness (QED) is 0.907. The molecule has 2 aromatic rings. The molecule has 0 saturated carbocycles. The van der Waals surface area contributed by atoms with Crippen LogP contribution in [0.4, 0.5) is 13.2 Å². The third kappa shape index (κ3) is 3.00. The second-order valence-electron chi connectivity index (χ2n) is 5.77. The van der Waals surface area contributed by atoms with Gasteiger partial charge in [0.1, 0.15) is 0 Å². The molecule has 1 aliphatic heterocycles. The maximum absolute atomic E-state index is 13.5. The summed E-state index contributed by atoms with van der Waals surface area (Å²) in [6.45, 7) is 1.71. The average molecular weight is 349 g/mol. The first-order valence-electron chi connectivity index (χ1n) is 7.40. The van der Waals surface area contributed by atoms with Crippen molar-refractivity contribution in [3.63, 3.8) is 0 Å². The van der Waals surface area contributed by atoms with E-state index in [4.69, 9.17) is 0 Å². The van der Waals surface area contributed by atoms with Crippen LogP contribution in [0.25, 0.3) is 0 Å². The molecule has 0 bridgehead atoms. The molecule has 3 rings (SSSR count). The Balaban J connectivity index is 2.06. The van der Waals surface area contributed by atoms with Crippen molar-refractivity contribution in [2.24, 2.45) is 5.10 Å². The summed E-state index contributed by atoms with van der Waals surface area (Å²) in [6.07, 6.45) is -3.14. The highest BCUT2D eigenvalue weighted by Gasteiger charge is 2.63. The topological polar surface area (TPSA) is 65.8 Å². The minimum absolute atomic E-state index is 0.0128. The van der Waals surface area contributed by atoms with Gasteiger partial charge in [-0.15, -0.1) is 0 Å². The summed E-state index contributed by atoms with van der Waals surface area (Å²) in [4.78, 5) is 16.4. The lowest BCUT2D eigenvalue weighted by molar-refractivity contribution is -0.297. The third-order valence-corrected chi connectivity index (χ3v) is 3.89. The number of halogens is 3. The SMILES string of the molecule is Cc1cccc(C(=O)N2N=C(c3cccnc3)C[C@]2(O)C(F)(F)F)c1. The van der Waals surface area contributed by atoms with Crippen molar-refractivity contribution in [3.05, 3.63) is 65.5 Å². The maximum atomic E-state index is 13.5. The van der Waals surface area contributed by atoms with E-state index < -0.39 is 24.2 Å². The average Bonchev–Trinajstić information content (AvgIpc) is 2.94. The number of aromatic nitrogens is 1. The van der Waals surface area contributed by atoms with Crippen LogP contribution in [0.2, 0.25) is 0 Å². The van der Waals surface area contributed by atoms with E-state index in [1.165, 1.54) is 36.7 Å². The molecule has 0 saturated heterocycles. The highest BCUT2D eigenvalue weighted by atomic mass is 19.4. The van der Waals surface area contributed by atoms with Crippen LogP contribution >= 0.6 is 0 Å². The van der Waals surface area contributed by atoms with E-state index in [-0.39, 0.29) is 16.3 Å². The maximum Gasteiger partial charge on any atom is 0.438 e. The summed E-state index contributed by atoms with van der Waals surface area (Å²) in [7, 11) is 0. The predicted octanol–water partition coefficient (Wildman–Crippen LogP) is 2.89. The summed E-state index contributed by atoms with van der Waals surface area (Å²) in [5, 5.41) is 14.2. The molecule has 0 spiro atoms. The van der Waals surface area contributed by atoms with E-state index in [0.29, 0.717) is 11.1 Å². The minimum atomic E-state index is -5.07. The third-order valence-electron chi connectivity index (χ3n) is 3.89. The number of hydrogen-bond donors (Lipinski definition) is 1. The zero-order valence-electron chi connectivity index (χ0n) is 13.2. The van der Waals surface area contributed by atoms with E-state index in [1.54, 1.807) is 19.1 Å². The van der Waals surface area contributed by atoms with Gasteiger partial charge >= 0.3 is 6.18 Å². The number of carbonyl (C=O) groups excluding carboxylic acids is 1. The summed E-state index contributed by atoms with van der Waals surface area (Å²) >= 11 is 0. The van der Waals surface area contributed by atoms with Crippen molar-refractivity contribution in [2.75, 3.05) is 0 Å². The number of pyridine rings is 1. The number of aliphatic hydroxyl groups is 1. The van der Waals surface area contributed by atoms with Crippen molar-refractivity contribution >= 4 is 11.6 Å². The second kappa shape index (κ2) is 5.96. The highest BCUT2D eigenvalue weighted by molar-refractivity contribution is 6.05. The predicted molar refractivity (Wildman–Crippen MR) is 83.7 cm³/mol. The van der Waals surface area contributed by atoms with E-state index >= 15 is 0 Å². The standard InChI is InChI=1S/C17H14F3N3O2/c1-11-4-2-5-12(8-11)15(24)23-16(25,17(18,19)20)9-14(22-23)13-6-3-7-21-10-13/h2-8,10,25H,9H2,1H3/t16-/m0/s1. The molecule has 130 valence electrons. The number of alkyl halides is 3. The number of hydrazone groups is 1. The van der Waals surface area contributed by atoms with Crippen molar-refractivity contribution in [2.45, 2.75) is 25.2 Å². The number of aryl methyl sites for hydroxylation is 1. The van der Waals surface area contributed by atoms with E-state index in [1.807, 2.05) is 0 Å². The van der Waals surface area contributed by atoms with Crippen molar-refractivity contribution in [3.8, 4) is 0 Å². The molecule has 5 nitrogen and oxygen atoms in total. The molecule has 1 amide bonds. The van der Waals surface area contributed by atoms with Gasteiger partial charge in [-0.2, -0.15) is 23.3 Å². The van der Waals surface area contributed by atoms with E-state index in [9.17, 15) is 23.1 Å². The Morgan fingerprint density at radius 2 is 2.04 bits per heavy atom. The van der Waals surface area contributed by atoms with Crippen LogP contribution in [0.1, 0.15) is 27.9 Å². The molecule has 8 heteroatoms. The lowest BCUT2D eigenvalue weighted by atomic mass is 10.0. The molecule has 0 fully saturated rings. The Kier molecular flexibility index (Phi) is 4.08. The lowest BCUT2D eigenvalue weighted by Gasteiger charge is -2.32. The Bertz CT molecular complexity index is 837. The van der Waals surface area contributed by atoms with Gasteiger partial charge in [0.15, 0.2) is 0 Å². The van der Waals surface area contributed by atoms with Gasteiger partial charge < -0.3 is 5.11 Å². The highest BCUT2D eigenvalue weighted by Crippen LogP contribution is 2.41. The van der Waals surface area contributed by atoms with Crippen molar-refractivity contribution in [1.29, 1.82) is 0 Å². The monoisotopic (exact) mass is 349 g/mol. The van der Waals surface area contributed by atoms with Crippen LogP contribution in [0.3, 0.4) is 0 Å². The van der Waals surface area contributed by atoms with Crippen molar-refractivity contribution < 1.29 is 23.1 Å². The minimum Gasteiger partial charge on any atom is -0.362 e. The lowest BCUT2D eigenvalue weighted by Crippen LogP contribution is -2.56. The molecule has 1 atom stereocenters. The summed E-state index contributed by atoms with van der Waals surface area (Å²) in [5.41, 5.74) is -2.44. The van der Waals surface area contributed by atoms with Crippen LogP contribution in [0.15, 0.2) is 53.9 Å². The van der Waals surface area contributed by atoms with E-state index in [2.05, 4.69) is 10.1 Å². The molecule has 1 aliphatic rings. The van der Waals surface area contributed by atoms with Crippen LogP contribution in [0, 0.1) is 6.92 Å². The smallest absolute Gasteiger partial charge is 0.362 e. The first-order chi connectivity index (χ1) is 11.7. The summed E-state index contributed by atoms with van der Waals surface area (Å²) in [6, 6.07) is 9.14.